The first-order valence-electron chi connectivity index (χ1n) is 12.6. The number of rotatable bonds is 14. The average Bonchev–Trinajstić information content (AvgIpc) is 2.90. The summed E-state index contributed by atoms with van der Waals surface area (Å²) in [6.45, 7) is 7.08. The predicted molar refractivity (Wildman–Crippen MR) is 147 cm³/mol. The van der Waals surface area contributed by atoms with Crippen molar-refractivity contribution >= 4 is 21.6 Å². The Hall–Kier alpha value is -3.52. The van der Waals surface area contributed by atoms with E-state index in [0.717, 1.165) is 34.0 Å². The minimum atomic E-state index is -3.96. The smallest absolute Gasteiger partial charge is 0.264 e. The Kier molecular flexibility index (Phi) is 10.4. The third-order valence-corrected chi connectivity index (χ3v) is 7.50. The summed E-state index contributed by atoms with van der Waals surface area (Å²) in [4.78, 5) is 13.0. The number of nitrogens with one attached hydrogen (secondary N) is 1. The van der Waals surface area contributed by atoms with E-state index in [1.54, 1.807) is 48.5 Å². The highest BCUT2D eigenvalue weighted by Gasteiger charge is 2.27. The first-order chi connectivity index (χ1) is 17.8. The minimum Gasteiger partial charge on any atom is -0.494 e. The van der Waals surface area contributed by atoms with Crippen LogP contribution in [0.25, 0.3) is 0 Å². The molecule has 0 radical (unpaired) electrons. The average molecular weight is 525 g/mol. The van der Waals surface area contributed by atoms with Crippen LogP contribution in [0.3, 0.4) is 0 Å². The van der Waals surface area contributed by atoms with Crippen LogP contribution in [0.5, 0.6) is 11.5 Å². The SMILES string of the molecule is CCCOc1ccccc1CCCNC(=O)CN(c1ccc(OCC)cc1)S(=O)(=O)c1ccc(C)cc1. The number of carbonyl (C=O) groups excluding carboxylic acids is 1. The summed E-state index contributed by atoms with van der Waals surface area (Å²) in [6.07, 6.45) is 2.37. The van der Waals surface area contributed by atoms with Gasteiger partial charge in [-0.25, -0.2) is 8.42 Å². The van der Waals surface area contributed by atoms with Gasteiger partial charge in [-0.1, -0.05) is 42.8 Å². The van der Waals surface area contributed by atoms with E-state index in [9.17, 15) is 13.2 Å². The molecule has 3 aromatic rings. The van der Waals surface area contributed by atoms with Gasteiger partial charge in [-0.15, -0.1) is 0 Å². The Bertz CT molecular complexity index is 1240. The number of para-hydroxylation sites is 1. The maximum Gasteiger partial charge on any atom is 0.264 e. The van der Waals surface area contributed by atoms with Crippen molar-refractivity contribution < 1.29 is 22.7 Å². The summed E-state index contributed by atoms with van der Waals surface area (Å²) in [5, 5.41) is 2.87. The van der Waals surface area contributed by atoms with E-state index in [-0.39, 0.29) is 17.3 Å². The third-order valence-electron chi connectivity index (χ3n) is 5.71. The molecule has 0 unspecified atom stereocenters. The van der Waals surface area contributed by atoms with Crippen LogP contribution in [0, 0.1) is 6.92 Å². The van der Waals surface area contributed by atoms with Gasteiger partial charge < -0.3 is 14.8 Å². The van der Waals surface area contributed by atoms with Crippen molar-refractivity contribution in [3.8, 4) is 11.5 Å². The molecule has 0 atom stereocenters. The van der Waals surface area contributed by atoms with Crippen molar-refractivity contribution in [3.05, 3.63) is 83.9 Å². The van der Waals surface area contributed by atoms with Gasteiger partial charge in [0.15, 0.2) is 0 Å². The lowest BCUT2D eigenvalue weighted by Crippen LogP contribution is -2.41. The van der Waals surface area contributed by atoms with Crippen LogP contribution in [-0.4, -0.2) is 40.6 Å². The first kappa shape index (κ1) is 28.1. The van der Waals surface area contributed by atoms with E-state index in [1.165, 1.54) is 0 Å². The lowest BCUT2D eigenvalue weighted by Gasteiger charge is -2.24. The highest BCUT2D eigenvalue weighted by molar-refractivity contribution is 7.92. The Balaban J connectivity index is 1.69. The molecule has 0 bridgehead atoms. The third kappa shape index (κ3) is 7.98. The normalized spacial score (nSPS) is 11.1. The molecule has 7 nitrogen and oxygen atoms in total. The minimum absolute atomic E-state index is 0.128. The summed E-state index contributed by atoms with van der Waals surface area (Å²) in [7, 11) is -3.96. The highest BCUT2D eigenvalue weighted by atomic mass is 32.2. The topological polar surface area (TPSA) is 84.9 Å². The van der Waals surface area contributed by atoms with E-state index < -0.39 is 10.0 Å². The fourth-order valence-electron chi connectivity index (χ4n) is 3.78. The van der Waals surface area contributed by atoms with E-state index in [4.69, 9.17) is 9.47 Å². The second-order valence-electron chi connectivity index (χ2n) is 8.66. The summed E-state index contributed by atoms with van der Waals surface area (Å²) in [5.74, 6) is 1.12. The molecule has 198 valence electrons. The van der Waals surface area contributed by atoms with Crippen molar-refractivity contribution in [2.75, 3.05) is 30.6 Å². The fourth-order valence-corrected chi connectivity index (χ4v) is 5.20. The van der Waals surface area contributed by atoms with Crippen LogP contribution in [0.1, 0.15) is 37.8 Å². The van der Waals surface area contributed by atoms with E-state index >= 15 is 0 Å². The van der Waals surface area contributed by atoms with Crippen molar-refractivity contribution in [2.24, 2.45) is 0 Å². The maximum atomic E-state index is 13.5. The molecule has 0 fully saturated rings. The predicted octanol–water partition coefficient (Wildman–Crippen LogP) is 5.13. The summed E-state index contributed by atoms with van der Waals surface area (Å²) < 4.78 is 39.5. The molecule has 1 N–H and O–H groups in total. The maximum absolute atomic E-state index is 13.5. The van der Waals surface area contributed by atoms with Gasteiger partial charge in [0.2, 0.25) is 5.91 Å². The summed E-state index contributed by atoms with van der Waals surface area (Å²) in [6, 6.07) is 21.2. The number of amides is 1. The lowest BCUT2D eigenvalue weighted by molar-refractivity contribution is -0.119. The zero-order valence-electron chi connectivity index (χ0n) is 21.8. The zero-order valence-corrected chi connectivity index (χ0v) is 22.6. The van der Waals surface area contributed by atoms with Gasteiger partial charge in [0.1, 0.15) is 18.0 Å². The number of anilines is 1. The quantitative estimate of drug-likeness (QED) is 0.296. The van der Waals surface area contributed by atoms with Crippen LogP contribution < -0.4 is 19.1 Å². The van der Waals surface area contributed by atoms with Crippen LogP contribution in [-0.2, 0) is 21.2 Å². The number of carbonyl (C=O) groups is 1. The van der Waals surface area contributed by atoms with Gasteiger partial charge in [-0.2, -0.15) is 0 Å². The molecule has 0 saturated carbocycles. The van der Waals surface area contributed by atoms with Crippen LogP contribution in [0.15, 0.2) is 77.7 Å². The molecule has 3 aromatic carbocycles. The zero-order chi connectivity index (χ0) is 26.7. The van der Waals surface area contributed by atoms with Crippen LogP contribution in [0.4, 0.5) is 5.69 Å². The van der Waals surface area contributed by atoms with Crippen molar-refractivity contribution in [2.45, 2.75) is 44.9 Å². The second kappa shape index (κ2) is 13.7. The standard InChI is InChI=1S/C29H36N2O5S/c1-4-21-36-28-11-7-6-9-24(28)10-8-20-30-29(32)22-31(25-14-16-26(17-15-25)35-5-2)37(33,34)27-18-12-23(3)13-19-27/h6-7,9,11-19H,4-5,8,10,20-22H2,1-3H3,(H,30,32). The molecule has 0 aliphatic carbocycles. The van der Waals surface area contributed by atoms with E-state index in [0.29, 0.717) is 37.6 Å². The molecule has 0 spiro atoms. The van der Waals surface area contributed by atoms with Gasteiger partial charge >= 0.3 is 0 Å². The Morgan fingerprint density at radius 3 is 2.30 bits per heavy atom. The molecule has 37 heavy (non-hydrogen) atoms. The number of ether oxygens (including phenoxy) is 2. The van der Waals surface area contributed by atoms with Crippen molar-refractivity contribution in [1.29, 1.82) is 0 Å². The van der Waals surface area contributed by atoms with Gasteiger partial charge in [0, 0.05) is 6.54 Å². The first-order valence-corrected chi connectivity index (χ1v) is 14.1. The molecule has 0 heterocycles. The molecular weight excluding hydrogens is 488 g/mol. The lowest BCUT2D eigenvalue weighted by atomic mass is 10.1. The van der Waals surface area contributed by atoms with E-state index in [1.807, 2.05) is 38.1 Å². The number of hydrogen-bond acceptors (Lipinski definition) is 5. The Morgan fingerprint density at radius 1 is 0.919 bits per heavy atom. The molecule has 8 heteroatoms. The number of benzene rings is 3. The molecule has 1 amide bonds. The van der Waals surface area contributed by atoms with Crippen LogP contribution in [0.2, 0.25) is 0 Å². The van der Waals surface area contributed by atoms with Crippen molar-refractivity contribution in [3.63, 3.8) is 0 Å². The van der Waals surface area contributed by atoms with Crippen molar-refractivity contribution in [1.82, 2.24) is 5.32 Å². The number of nitrogens with zero attached hydrogens (tertiary/aromatic N) is 1. The molecule has 0 aliphatic heterocycles. The Labute approximate surface area is 220 Å². The number of sulfonamides is 1. The van der Waals surface area contributed by atoms with Gasteiger partial charge in [-0.3, -0.25) is 9.10 Å². The van der Waals surface area contributed by atoms with Gasteiger partial charge in [0.05, 0.1) is 23.8 Å². The highest BCUT2D eigenvalue weighted by Crippen LogP contribution is 2.26. The Morgan fingerprint density at radius 2 is 1.62 bits per heavy atom. The summed E-state index contributed by atoms with van der Waals surface area (Å²) in [5.41, 5.74) is 2.43. The van der Waals surface area contributed by atoms with Gasteiger partial charge in [0.25, 0.3) is 10.0 Å². The molecule has 0 aromatic heterocycles. The van der Waals surface area contributed by atoms with E-state index in [2.05, 4.69) is 12.2 Å². The fraction of sp³-hybridized carbons (Fsp3) is 0.345. The second-order valence-corrected chi connectivity index (χ2v) is 10.5. The number of aryl methyl sites for hydroxylation is 2. The monoisotopic (exact) mass is 524 g/mol. The van der Waals surface area contributed by atoms with Crippen LogP contribution >= 0.6 is 0 Å². The van der Waals surface area contributed by atoms with Gasteiger partial charge in [-0.05, 0) is 81.1 Å². The summed E-state index contributed by atoms with van der Waals surface area (Å²) >= 11 is 0. The number of hydrogen-bond donors (Lipinski definition) is 1. The molecule has 0 saturated heterocycles. The molecule has 3 rings (SSSR count). The molecular formula is C29H36N2O5S. The molecule has 0 aliphatic rings. The largest absolute Gasteiger partial charge is 0.494 e.